The van der Waals surface area contributed by atoms with E-state index in [4.69, 9.17) is 15.3 Å². The maximum atomic E-state index is 11.4. The molecule has 8 nitrogen and oxygen atoms in total. The quantitative estimate of drug-likeness (QED) is 0.235. The fourth-order valence-electron chi connectivity index (χ4n) is 2.60. The van der Waals surface area contributed by atoms with Gasteiger partial charge in [-0.3, -0.25) is 9.59 Å². The molecule has 0 aromatic heterocycles. The van der Waals surface area contributed by atoms with Gasteiger partial charge in [0.1, 0.15) is 5.92 Å². The van der Waals surface area contributed by atoms with E-state index in [9.17, 15) is 19.5 Å². The SMILES string of the molecule is CCOC(=O)C(C(=O)[O-])[C@@H](C#N)CC(C)C.CCOC(=O)C[C@@H](C#N)CC(C)C.[Na+]. The van der Waals surface area contributed by atoms with Crippen molar-refractivity contribution >= 4 is 17.9 Å². The van der Waals surface area contributed by atoms with Crippen molar-refractivity contribution in [2.75, 3.05) is 13.2 Å². The third kappa shape index (κ3) is 16.2. The Hall–Kier alpha value is -1.61. The second kappa shape index (κ2) is 19.4. The fourth-order valence-corrected chi connectivity index (χ4v) is 2.60. The van der Waals surface area contributed by atoms with Crippen molar-refractivity contribution in [2.45, 2.75) is 60.8 Å². The number of carboxylic acids is 1. The molecule has 0 aliphatic heterocycles. The minimum Gasteiger partial charge on any atom is -0.549 e. The van der Waals surface area contributed by atoms with Gasteiger partial charge in [-0.05, 0) is 38.5 Å². The smallest absolute Gasteiger partial charge is 0.549 e. The van der Waals surface area contributed by atoms with Gasteiger partial charge in [0.25, 0.3) is 0 Å². The Kier molecular flexibility index (Phi) is 21.3. The van der Waals surface area contributed by atoms with Crippen LogP contribution in [-0.2, 0) is 23.9 Å². The Morgan fingerprint density at radius 2 is 1.40 bits per heavy atom. The van der Waals surface area contributed by atoms with E-state index in [1.807, 2.05) is 33.8 Å². The molecule has 0 radical (unpaired) electrons. The molecule has 0 heterocycles. The number of carbonyl (C=O) groups is 3. The molecule has 0 rings (SSSR count). The van der Waals surface area contributed by atoms with Gasteiger partial charge in [-0.1, -0.05) is 27.7 Å². The van der Waals surface area contributed by atoms with Crippen LogP contribution in [0.15, 0.2) is 0 Å². The second-order valence-corrected chi connectivity index (χ2v) is 7.38. The van der Waals surface area contributed by atoms with Crippen molar-refractivity contribution in [3.63, 3.8) is 0 Å². The number of nitrogens with zero attached hydrogens (tertiary/aromatic N) is 2. The van der Waals surface area contributed by atoms with E-state index in [-0.39, 0.29) is 60.4 Å². The van der Waals surface area contributed by atoms with Gasteiger partial charge in [0, 0.05) is 0 Å². The minimum atomic E-state index is -1.55. The van der Waals surface area contributed by atoms with E-state index in [0.717, 1.165) is 6.42 Å². The van der Waals surface area contributed by atoms with Crippen LogP contribution < -0.4 is 34.7 Å². The Morgan fingerprint density at radius 1 is 0.900 bits per heavy atom. The second-order valence-electron chi connectivity index (χ2n) is 7.38. The van der Waals surface area contributed by atoms with Crippen LogP contribution in [-0.4, -0.2) is 31.1 Å². The normalized spacial score (nSPS) is 12.7. The molecule has 0 aromatic rings. The summed E-state index contributed by atoms with van der Waals surface area (Å²) in [6.07, 6.45) is 1.31. The molecule has 0 N–H and O–H groups in total. The molecule has 30 heavy (non-hydrogen) atoms. The third-order valence-corrected chi connectivity index (χ3v) is 3.74. The molecule has 164 valence electrons. The monoisotopic (exact) mass is 432 g/mol. The summed E-state index contributed by atoms with van der Waals surface area (Å²) in [7, 11) is 0. The zero-order valence-electron chi connectivity index (χ0n) is 19.3. The average Bonchev–Trinajstić information content (AvgIpc) is 2.60. The van der Waals surface area contributed by atoms with Gasteiger partial charge in [-0.25, -0.2) is 0 Å². The van der Waals surface area contributed by atoms with Crippen LogP contribution in [0.4, 0.5) is 0 Å². The molecule has 0 aliphatic carbocycles. The molecule has 0 amide bonds. The number of aliphatic carboxylic acids is 1. The van der Waals surface area contributed by atoms with Gasteiger partial charge in [-0.2, -0.15) is 10.5 Å². The zero-order chi connectivity index (χ0) is 23.0. The van der Waals surface area contributed by atoms with E-state index < -0.39 is 23.8 Å². The van der Waals surface area contributed by atoms with Crippen molar-refractivity contribution in [2.24, 2.45) is 29.6 Å². The van der Waals surface area contributed by atoms with Crippen LogP contribution in [0.2, 0.25) is 0 Å². The van der Waals surface area contributed by atoms with Crippen LogP contribution in [0.25, 0.3) is 0 Å². The summed E-state index contributed by atoms with van der Waals surface area (Å²) in [4.78, 5) is 33.2. The average molecular weight is 432 g/mol. The Bertz CT molecular complexity index is 595. The number of carbonyl (C=O) groups excluding carboxylic acids is 3. The van der Waals surface area contributed by atoms with Gasteiger partial charge in [0.05, 0.1) is 49.6 Å². The summed E-state index contributed by atoms with van der Waals surface area (Å²) in [5.41, 5.74) is 0. The molecule has 0 bridgehead atoms. The Labute approximate surface area is 202 Å². The van der Waals surface area contributed by atoms with Crippen LogP contribution in [0.1, 0.15) is 60.8 Å². The Balaban J connectivity index is -0.000000480. The van der Waals surface area contributed by atoms with Crippen LogP contribution in [0.3, 0.4) is 0 Å². The maximum absolute atomic E-state index is 11.4. The first-order chi connectivity index (χ1) is 13.5. The summed E-state index contributed by atoms with van der Waals surface area (Å²) in [6.45, 7) is 11.6. The van der Waals surface area contributed by atoms with E-state index in [1.54, 1.807) is 13.8 Å². The molecule has 1 unspecified atom stereocenters. The van der Waals surface area contributed by atoms with Crippen molar-refractivity contribution in [1.29, 1.82) is 10.5 Å². The number of rotatable bonds is 11. The summed E-state index contributed by atoms with van der Waals surface area (Å²) < 4.78 is 9.38. The summed E-state index contributed by atoms with van der Waals surface area (Å²) >= 11 is 0. The van der Waals surface area contributed by atoms with E-state index in [1.165, 1.54) is 0 Å². The fraction of sp³-hybridized carbons (Fsp3) is 0.762. The maximum Gasteiger partial charge on any atom is 1.00 e. The standard InChI is InChI=1S/C11H17NO4.C10H17NO2.Na/c1-4-16-11(15)9(10(13)14)8(6-12)5-7(2)3;1-4-13-10(12)6-9(7-11)5-8(2)3;/h7-9H,4-5H2,1-3H3,(H,13,14);8-9H,4-6H2,1-3H3;/q;;+1/p-1/t8-,9?;9-;/m10./s1. The summed E-state index contributed by atoms with van der Waals surface area (Å²) in [5.74, 6) is -4.73. The number of ether oxygens (including phenoxy) is 2. The first-order valence-electron chi connectivity index (χ1n) is 9.86. The largest absolute Gasteiger partial charge is 1.00 e. The van der Waals surface area contributed by atoms with Gasteiger partial charge >= 0.3 is 41.5 Å². The third-order valence-electron chi connectivity index (χ3n) is 3.74. The van der Waals surface area contributed by atoms with Gasteiger partial charge in [-0.15, -0.1) is 0 Å². The predicted molar refractivity (Wildman–Crippen MR) is 103 cm³/mol. The number of hydrogen-bond acceptors (Lipinski definition) is 8. The molecule has 0 aliphatic rings. The minimum absolute atomic E-state index is 0. The van der Waals surface area contributed by atoms with Gasteiger partial charge in [0.15, 0.2) is 0 Å². The van der Waals surface area contributed by atoms with Crippen molar-refractivity contribution in [3.8, 4) is 12.1 Å². The van der Waals surface area contributed by atoms with Crippen LogP contribution >= 0.6 is 0 Å². The molecular formula is C21H33N2NaO6. The number of esters is 2. The molecule has 3 atom stereocenters. The number of nitriles is 2. The first kappa shape index (κ1) is 33.0. The van der Waals surface area contributed by atoms with Gasteiger partial charge < -0.3 is 19.4 Å². The molecular weight excluding hydrogens is 399 g/mol. The number of hydrogen-bond donors (Lipinski definition) is 0. The molecule has 0 saturated carbocycles. The van der Waals surface area contributed by atoms with E-state index in [0.29, 0.717) is 18.9 Å². The first-order valence-corrected chi connectivity index (χ1v) is 9.86. The molecule has 9 heteroatoms. The summed E-state index contributed by atoms with van der Waals surface area (Å²) in [5, 5.41) is 28.4. The predicted octanol–water partition coefficient (Wildman–Crippen LogP) is -0.769. The van der Waals surface area contributed by atoms with Crippen molar-refractivity contribution in [1.82, 2.24) is 0 Å². The van der Waals surface area contributed by atoms with E-state index in [2.05, 4.69) is 10.8 Å². The van der Waals surface area contributed by atoms with Gasteiger partial charge in [0.2, 0.25) is 0 Å². The zero-order valence-corrected chi connectivity index (χ0v) is 21.3. The van der Waals surface area contributed by atoms with E-state index >= 15 is 0 Å². The van der Waals surface area contributed by atoms with Crippen LogP contribution in [0.5, 0.6) is 0 Å². The molecule has 0 fully saturated rings. The molecule has 0 spiro atoms. The molecule has 0 aromatic carbocycles. The van der Waals surface area contributed by atoms with Crippen molar-refractivity contribution < 1.29 is 58.5 Å². The summed E-state index contributed by atoms with van der Waals surface area (Å²) in [6, 6.07) is 3.95. The topological polar surface area (TPSA) is 140 Å². The van der Waals surface area contributed by atoms with Crippen LogP contribution in [0, 0.1) is 52.3 Å². The molecule has 0 saturated heterocycles. The van der Waals surface area contributed by atoms with Crippen molar-refractivity contribution in [3.05, 3.63) is 0 Å². The Morgan fingerprint density at radius 3 is 1.73 bits per heavy atom. The number of carboxylic acid groups (broad SMARTS) is 1.